The number of para-hydroxylation sites is 1. The summed E-state index contributed by atoms with van der Waals surface area (Å²) in [7, 11) is 0. The molecule has 0 atom stereocenters. The van der Waals surface area contributed by atoms with Crippen LogP contribution in [-0.4, -0.2) is 24.9 Å². The predicted molar refractivity (Wildman–Crippen MR) is 201 cm³/mol. The molecule has 0 saturated heterocycles. The number of rotatable bonds is 2. The smallest absolute Gasteiger partial charge is 0.355 e. The van der Waals surface area contributed by atoms with Crippen LogP contribution in [0.4, 0.5) is 26.3 Å². The largest absolute Gasteiger partial charge is 0.416 e. The Balaban J connectivity index is 0.000000156. The van der Waals surface area contributed by atoms with E-state index < -0.39 is 23.5 Å². The van der Waals surface area contributed by atoms with E-state index >= 15 is 0 Å². The molecule has 2 N–H and O–H groups in total. The number of aromatic nitrogens is 5. The summed E-state index contributed by atoms with van der Waals surface area (Å²) in [5.41, 5.74) is 8.76. The summed E-state index contributed by atoms with van der Waals surface area (Å²) >= 11 is 0. The molecule has 0 unspecified atom stereocenters. The molecule has 0 spiro atoms. The fourth-order valence-electron chi connectivity index (χ4n) is 6.16. The quantitative estimate of drug-likeness (QED) is 0.174. The van der Waals surface area contributed by atoms with Crippen molar-refractivity contribution in [3.8, 4) is 22.4 Å². The van der Waals surface area contributed by atoms with Gasteiger partial charge in [-0.1, -0.05) is 42.5 Å². The highest BCUT2D eigenvalue weighted by Crippen LogP contribution is 2.37. The lowest BCUT2D eigenvalue weighted by molar-refractivity contribution is -0.138. The summed E-state index contributed by atoms with van der Waals surface area (Å²) in [4.78, 5) is 20.6. The summed E-state index contributed by atoms with van der Waals surface area (Å²) in [6.07, 6.45) is -0.838. The molecule has 0 radical (unpaired) electrons. The maximum absolute atomic E-state index is 12.9. The van der Waals surface area contributed by atoms with Gasteiger partial charge in [-0.3, -0.25) is 0 Å². The van der Waals surface area contributed by atoms with Crippen molar-refractivity contribution in [3.63, 3.8) is 0 Å². The fourth-order valence-corrected chi connectivity index (χ4v) is 6.16. The molecule has 54 heavy (non-hydrogen) atoms. The van der Waals surface area contributed by atoms with Crippen molar-refractivity contribution < 1.29 is 26.3 Å². The van der Waals surface area contributed by atoms with Crippen LogP contribution in [0.2, 0.25) is 0 Å². The van der Waals surface area contributed by atoms with Crippen molar-refractivity contribution in [3.05, 3.63) is 161 Å². The van der Waals surface area contributed by atoms with Crippen molar-refractivity contribution in [2.45, 2.75) is 12.4 Å². The summed E-state index contributed by atoms with van der Waals surface area (Å²) in [6, 6.07) is 34.5. The van der Waals surface area contributed by atoms with Crippen molar-refractivity contribution in [1.29, 1.82) is 0 Å². The molecule has 9 rings (SSSR count). The molecule has 0 aliphatic carbocycles. The van der Waals surface area contributed by atoms with E-state index in [0.29, 0.717) is 27.9 Å². The lowest BCUT2D eigenvalue weighted by atomic mass is 9.96. The van der Waals surface area contributed by atoms with E-state index in [1.165, 1.54) is 24.3 Å². The molecule has 7 aromatic rings. The summed E-state index contributed by atoms with van der Waals surface area (Å²) < 4.78 is 77.4. The van der Waals surface area contributed by atoms with Gasteiger partial charge in [0.05, 0.1) is 45.1 Å². The van der Waals surface area contributed by atoms with Gasteiger partial charge in [-0.25, -0.2) is 15.0 Å². The number of fused-ring (bicyclic) bond motifs is 9. The Morgan fingerprint density at radius 2 is 0.815 bits per heavy atom. The second kappa shape index (κ2) is 13.7. The zero-order valence-electron chi connectivity index (χ0n) is 28.0. The molecule has 0 fully saturated rings. The molecular formula is C43H27F6N5. The monoisotopic (exact) mass is 727 g/mol. The van der Waals surface area contributed by atoms with Crippen LogP contribution in [0.25, 0.3) is 79.7 Å². The molecule has 2 aliphatic rings. The maximum Gasteiger partial charge on any atom is 0.416 e. The maximum atomic E-state index is 12.9. The van der Waals surface area contributed by atoms with E-state index in [1.807, 2.05) is 54.6 Å². The van der Waals surface area contributed by atoms with Gasteiger partial charge in [-0.15, -0.1) is 0 Å². The Bertz CT molecular complexity index is 2470. The lowest BCUT2D eigenvalue weighted by Crippen LogP contribution is -2.04. The molecule has 0 amide bonds. The second-order valence-electron chi connectivity index (χ2n) is 12.6. The normalized spacial score (nSPS) is 12.5. The van der Waals surface area contributed by atoms with E-state index in [0.717, 1.165) is 74.5 Å². The van der Waals surface area contributed by atoms with Crippen molar-refractivity contribution in [1.82, 2.24) is 24.9 Å². The number of benzene rings is 3. The van der Waals surface area contributed by atoms with Crippen LogP contribution in [0.5, 0.6) is 0 Å². The number of aromatic amines is 2. The molecule has 11 heteroatoms. The zero-order valence-corrected chi connectivity index (χ0v) is 28.0. The number of hydrogen-bond acceptors (Lipinski definition) is 3. The molecule has 4 aromatic heterocycles. The Hall–Kier alpha value is -6.75. The minimum absolute atomic E-state index is 0.391. The van der Waals surface area contributed by atoms with Gasteiger partial charge < -0.3 is 9.97 Å². The summed E-state index contributed by atoms with van der Waals surface area (Å²) in [5.74, 6) is 0. The van der Waals surface area contributed by atoms with Crippen LogP contribution in [0.15, 0.2) is 127 Å². The molecule has 5 nitrogen and oxygen atoms in total. The van der Waals surface area contributed by atoms with Crippen molar-refractivity contribution >= 4 is 57.3 Å². The van der Waals surface area contributed by atoms with Crippen LogP contribution in [0, 0.1) is 0 Å². The van der Waals surface area contributed by atoms with E-state index in [1.54, 1.807) is 24.3 Å². The van der Waals surface area contributed by atoms with Gasteiger partial charge in [0.2, 0.25) is 0 Å². The average molecular weight is 728 g/mol. The lowest BCUT2D eigenvalue weighted by Gasteiger charge is -2.14. The number of hydrogen-bond donors (Lipinski definition) is 2. The number of halogens is 6. The second-order valence-corrected chi connectivity index (χ2v) is 12.6. The number of nitrogens with zero attached hydrogens (tertiary/aromatic N) is 3. The minimum Gasteiger partial charge on any atom is -0.355 e. The van der Waals surface area contributed by atoms with Gasteiger partial charge in [0.25, 0.3) is 0 Å². The molecule has 6 heterocycles. The Kier molecular flexibility index (Phi) is 8.69. The first-order valence-electron chi connectivity index (χ1n) is 16.7. The minimum atomic E-state index is -4.47. The third-order valence-electron chi connectivity index (χ3n) is 8.77. The van der Waals surface area contributed by atoms with E-state index in [4.69, 9.17) is 0 Å². The third kappa shape index (κ3) is 7.56. The first kappa shape index (κ1) is 34.3. The van der Waals surface area contributed by atoms with Crippen LogP contribution < -0.4 is 0 Å². The van der Waals surface area contributed by atoms with E-state index in [2.05, 4.69) is 49.2 Å². The van der Waals surface area contributed by atoms with Crippen LogP contribution in [-0.2, 0) is 12.4 Å². The summed E-state index contributed by atoms with van der Waals surface area (Å²) in [5, 5.41) is 0.767. The fraction of sp³-hybridized carbons (Fsp3) is 0.0465. The van der Waals surface area contributed by atoms with Gasteiger partial charge in [0.15, 0.2) is 0 Å². The SMILES string of the molecule is C1=Cc2cc3ccc(cc4nc(cc5ccc(cc1n2)[nH]5)C=C4)[nH]3.FC(F)(F)c1ccc(-c2cc3ccccc3nc2-c2ccc(C(F)(F)F)cc2)cc1. The van der Waals surface area contributed by atoms with Crippen molar-refractivity contribution in [2.24, 2.45) is 0 Å². The topological polar surface area (TPSA) is 70.2 Å². The molecular weight excluding hydrogens is 700 g/mol. The summed E-state index contributed by atoms with van der Waals surface area (Å²) in [6.45, 7) is 0. The first-order valence-corrected chi connectivity index (χ1v) is 16.7. The number of H-pyrrole nitrogens is 2. The Morgan fingerprint density at radius 1 is 0.407 bits per heavy atom. The number of nitrogens with one attached hydrogen (secondary N) is 2. The predicted octanol–water partition coefficient (Wildman–Crippen LogP) is 12.3. The molecule has 266 valence electrons. The molecule has 0 saturated carbocycles. The highest BCUT2D eigenvalue weighted by atomic mass is 19.4. The third-order valence-corrected chi connectivity index (χ3v) is 8.77. The van der Waals surface area contributed by atoms with Gasteiger partial charge >= 0.3 is 12.4 Å². The zero-order chi connectivity index (χ0) is 37.5. The standard InChI is InChI=1S/C23H13F6N.C20H14N4/c24-22(25,26)17-9-5-14(6-10-17)19-13-16-3-1-2-4-20(16)30-21(19)15-7-11-18(12-8-15)23(27,28)29;1-2-14-10-16-5-6-18(23-16)12-20-8-7-19(24-20)11-17-4-3-15(22-17)9-13(1)21-14/h1-13H;1-12,21,24H. The Morgan fingerprint density at radius 3 is 1.24 bits per heavy atom. The van der Waals surface area contributed by atoms with Gasteiger partial charge in [-0.05, 0) is 115 Å². The van der Waals surface area contributed by atoms with Gasteiger partial charge in [-0.2, -0.15) is 26.3 Å². The highest BCUT2D eigenvalue weighted by Gasteiger charge is 2.31. The van der Waals surface area contributed by atoms with Crippen LogP contribution >= 0.6 is 0 Å². The van der Waals surface area contributed by atoms with E-state index in [-0.39, 0.29) is 0 Å². The first-order chi connectivity index (χ1) is 25.9. The average Bonchev–Trinajstić information content (AvgIpc) is 3.98. The van der Waals surface area contributed by atoms with Gasteiger partial charge in [0.1, 0.15) is 0 Å². The van der Waals surface area contributed by atoms with Crippen LogP contribution in [0.1, 0.15) is 33.9 Å². The van der Waals surface area contributed by atoms with E-state index in [9.17, 15) is 26.3 Å². The molecule has 8 bridgehead atoms. The molecule has 2 aliphatic heterocycles. The number of alkyl halides is 6. The number of pyridine rings is 1. The molecule has 3 aromatic carbocycles. The highest BCUT2D eigenvalue weighted by molar-refractivity contribution is 5.91. The van der Waals surface area contributed by atoms with Gasteiger partial charge in [0, 0.05) is 38.6 Å². The van der Waals surface area contributed by atoms with Crippen molar-refractivity contribution in [2.75, 3.05) is 0 Å². The Labute approximate surface area is 304 Å². The van der Waals surface area contributed by atoms with Crippen LogP contribution in [0.3, 0.4) is 0 Å².